The van der Waals surface area contributed by atoms with Crippen LogP contribution in [-0.2, 0) is 6.54 Å². The van der Waals surface area contributed by atoms with Gasteiger partial charge in [0, 0.05) is 31.4 Å². The number of halogens is 2. The molecule has 0 radical (unpaired) electrons. The van der Waals surface area contributed by atoms with Crippen molar-refractivity contribution in [2.45, 2.75) is 44.6 Å². The Morgan fingerprint density at radius 3 is 2.67 bits per heavy atom. The lowest BCUT2D eigenvalue weighted by Crippen LogP contribution is -2.30. The van der Waals surface area contributed by atoms with E-state index in [4.69, 9.17) is 0 Å². The third-order valence-electron chi connectivity index (χ3n) is 4.09. The highest BCUT2D eigenvalue weighted by Gasteiger charge is 2.23. The summed E-state index contributed by atoms with van der Waals surface area (Å²) in [5.74, 6) is 2.88. The summed E-state index contributed by atoms with van der Waals surface area (Å²) in [5, 5.41) is 3.48. The average molecular weight is 292 g/mol. The van der Waals surface area contributed by atoms with E-state index in [1.165, 1.54) is 51.0 Å². The molecule has 3 nitrogen and oxygen atoms in total. The van der Waals surface area contributed by atoms with Crippen molar-refractivity contribution in [2.75, 3.05) is 13.1 Å². The molecular weight excluding hydrogens is 269 g/mol. The molecule has 1 N–H and O–H groups in total. The Kier molecular flexibility index (Phi) is 6.47. The van der Waals surface area contributed by atoms with Crippen molar-refractivity contribution < 1.29 is 0 Å². The Labute approximate surface area is 122 Å². The highest BCUT2D eigenvalue weighted by molar-refractivity contribution is 5.85. The van der Waals surface area contributed by atoms with Gasteiger partial charge in [0.15, 0.2) is 0 Å². The third-order valence-corrected chi connectivity index (χ3v) is 4.09. The number of hydrogen-bond donors (Lipinski definition) is 1. The molecule has 1 aliphatic heterocycles. The molecule has 5 heteroatoms. The molecule has 1 aliphatic carbocycles. The summed E-state index contributed by atoms with van der Waals surface area (Å²) in [4.78, 5) is 4.57. The number of piperidine rings is 1. The molecule has 2 heterocycles. The van der Waals surface area contributed by atoms with E-state index in [0.29, 0.717) is 5.92 Å². The molecular formula is C13H23Cl2N3. The van der Waals surface area contributed by atoms with Gasteiger partial charge in [-0.2, -0.15) is 0 Å². The molecule has 1 saturated heterocycles. The largest absolute Gasteiger partial charge is 0.334 e. The Morgan fingerprint density at radius 1 is 1.22 bits per heavy atom. The van der Waals surface area contributed by atoms with E-state index in [9.17, 15) is 0 Å². The molecule has 0 aromatic carbocycles. The molecule has 1 aromatic rings. The Balaban J connectivity index is 0.000000810. The maximum Gasteiger partial charge on any atom is 0.113 e. The van der Waals surface area contributed by atoms with Crippen molar-refractivity contribution in [2.24, 2.45) is 5.92 Å². The summed E-state index contributed by atoms with van der Waals surface area (Å²) < 4.78 is 2.40. The zero-order valence-corrected chi connectivity index (χ0v) is 12.3. The maximum atomic E-state index is 4.57. The highest BCUT2D eigenvalue weighted by Crippen LogP contribution is 2.29. The number of imidazole rings is 1. The molecule has 0 amide bonds. The van der Waals surface area contributed by atoms with E-state index in [1.54, 1.807) is 0 Å². The van der Waals surface area contributed by atoms with Crippen LogP contribution in [0.1, 0.15) is 43.8 Å². The molecule has 1 saturated carbocycles. The van der Waals surface area contributed by atoms with Crippen LogP contribution in [-0.4, -0.2) is 22.6 Å². The summed E-state index contributed by atoms with van der Waals surface area (Å²) in [5.41, 5.74) is 0. The van der Waals surface area contributed by atoms with Gasteiger partial charge in [-0.1, -0.05) is 6.42 Å². The van der Waals surface area contributed by atoms with Gasteiger partial charge in [0.25, 0.3) is 0 Å². The first-order valence-electron chi connectivity index (χ1n) is 6.65. The van der Waals surface area contributed by atoms with E-state index < -0.39 is 0 Å². The van der Waals surface area contributed by atoms with Gasteiger partial charge in [0.05, 0.1) is 0 Å². The lowest BCUT2D eigenvalue weighted by Gasteiger charge is -2.28. The van der Waals surface area contributed by atoms with E-state index in [1.807, 2.05) is 6.20 Å². The standard InChI is InChI=1S/C13H21N3.2ClH/c1-3-11(4-1)10-16-8-7-15-13(16)12-5-2-6-14-9-12;;/h7-8,11-12,14H,1-6,9-10H2;2*1H. The molecule has 18 heavy (non-hydrogen) atoms. The number of aromatic nitrogens is 2. The maximum absolute atomic E-state index is 4.57. The zero-order valence-electron chi connectivity index (χ0n) is 10.7. The van der Waals surface area contributed by atoms with Gasteiger partial charge in [0.1, 0.15) is 5.82 Å². The molecule has 1 atom stereocenters. The Hall–Kier alpha value is -0.250. The zero-order chi connectivity index (χ0) is 10.8. The minimum absolute atomic E-state index is 0. The summed E-state index contributed by atoms with van der Waals surface area (Å²) >= 11 is 0. The minimum atomic E-state index is 0. The number of hydrogen-bond acceptors (Lipinski definition) is 2. The molecule has 104 valence electrons. The first-order valence-corrected chi connectivity index (χ1v) is 6.65. The molecule has 0 bridgehead atoms. The monoisotopic (exact) mass is 291 g/mol. The summed E-state index contributed by atoms with van der Waals surface area (Å²) in [7, 11) is 0. The van der Waals surface area contributed by atoms with Crippen molar-refractivity contribution in [1.29, 1.82) is 0 Å². The topological polar surface area (TPSA) is 29.9 Å². The predicted octanol–water partition coefficient (Wildman–Crippen LogP) is 2.99. The van der Waals surface area contributed by atoms with E-state index >= 15 is 0 Å². The first-order chi connectivity index (χ1) is 7.93. The van der Waals surface area contributed by atoms with E-state index in [-0.39, 0.29) is 24.8 Å². The molecule has 3 rings (SSSR count). The van der Waals surface area contributed by atoms with Crippen LogP contribution in [0.2, 0.25) is 0 Å². The SMILES string of the molecule is Cl.Cl.c1cn(CC2CCC2)c(C2CCCNC2)n1. The number of nitrogens with one attached hydrogen (secondary N) is 1. The van der Waals surface area contributed by atoms with Crippen molar-refractivity contribution in [3.63, 3.8) is 0 Å². The van der Waals surface area contributed by atoms with Gasteiger partial charge in [-0.3, -0.25) is 0 Å². The quantitative estimate of drug-likeness (QED) is 0.928. The number of nitrogens with zero attached hydrogens (tertiary/aromatic N) is 2. The van der Waals surface area contributed by atoms with Gasteiger partial charge in [0.2, 0.25) is 0 Å². The lowest BCUT2D eigenvalue weighted by molar-refractivity contribution is 0.270. The van der Waals surface area contributed by atoms with Crippen LogP contribution >= 0.6 is 24.8 Å². The molecule has 2 fully saturated rings. The van der Waals surface area contributed by atoms with E-state index in [2.05, 4.69) is 21.1 Å². The average Bonchev–Trinajstić information content (AvgIpc) is 2.73. The normalized spacial score (nSPS) is 23.7. The van der Waals surface area contributed by atoms with Crippen LogP contribution in [0.4, 0.5) is 0 Å². The summed E-state index contributed by atoms with van der Waals surface area (Å²) in [6.45, 7) is 3.49. The lowest BCUT2D eigenvalue weighted by atomic mass is 9.85. The minimum Gasteiger partial charge on any atom is -0.334 e. The van der Waals surface area contributed by atoms with Crippen molar-refractivity contribution in [3.05, 3.63) is 18.2 Å². The van der Waals surface area contributed by atoms with Gasteiger partial charge in [-0.05, 0) is 38.1 Å². The van der Waals surface area contributed by atoms with Crippen LogP contribution in [0.15, 0.2) is 12.4 Å². The summed E-state index contributed by atoms with van der Waals surface area (Å²) in [6, 6.07) is 0. The second-order valence-electron chi connectivity index (χ2n) is 5.28. The van der Waals surface area contributed by atoms with Gasteiger partial charge >= 0.3 is 0 Å². The fourth-order valence-corrected chi connectivity index (χ4v) is 2.86. The highest BCUT2D eigenvalue weighted by atomic mass is 35.5. The van der Waals surface area contributed by atoms with Crippen LogP contribution in [0.3, 0.4) is 0 Å². The van der Waals surface area contributed by atoms with E-state index in [0.717, 1.165) is 12.5 Å². The second kappa shape index (κ2) is 7.37. The van der Waals surface area contributed by atoms with Crippen LogP contribution in [0, 0.1) is 5.92 Å². The number of rotatable bonds is 3. The van der Waals surface area contributed by atoms with Crippen LogP contribution in [0.25, 0.3) is 0 Å². The molecule has 1 unspecified atom stereocenters. The summed E-state index contributed by atoms with van der Waals surface area (Å²) in [6.07, 6.45) is 11.0. The third kappa shape index (κ3) is 3.40. The van der Waals surface area contributed by atoms with Crippen molar-refractivity contribution in [1.82, 2.24) is 14.9 Å². The van der Waals surface area contributed by atoms with Gasteiger partial charge < -0.3 is 9.88 Å². The fourth-order valence-electron chi connectivity index (χ4n) is 2.86. The second-order valence-corrected chi connectivity index (χ2v) is 5.28. The molecule has 0 spiro atoms. The van der Waals surface area contributed by atoms with Crippen LogP contribution < -0.4 is 5.32 Å². The molecule has 2 aliphatic rings. The van der Waals surface area contributed by atoms with Gasteiger partial charge in [-0.25, -0.2) is 4.98 Å². The first kappa shape index (κ1) is 15.8. The van der Waals surface area contributed by atoms with Gasteiger partial charge in [-0.15, -0.1) is 24.8 Å². The fraction of sp³-hybridized carbons (Fsp3) is 0.769. The Morgan fingerprint density at radius 2 is 2.06 bits per heavy atom. The smallest absolute Gasteiger partial charge is 0.113 e. The predicted molar refractivity (Wildman–Crippen MR) is 78.9 cm³/mol. The Bertz CT molecular complexity index is 344. The van der Waals surface area contributed by atoms with Crippen molar-refractivity contribution in [3.8, 4) is 0 Å². The van der Waals surface area contributed by atoms with Crippen LogP contribution in [0.5, 0.6) is 0 Å². The van der Waals surface area contributed by atoms with Crippen molar-refractivity contribution >= 4 is 24.8 Å². The molecule has 1 aromatic heterocycles.